The highest BCUT2D eigenvalue weighted by molar-refractivity contribution is 9.10. The van der Waals surface area contributed by atoms with Gasteiger partial charge in [0.25, 0.3) is 5.69 Å². The molecule has 0 spiro atoms. The highest BCUT2D eigenvalue weighted by atomic mass is 79.9. The zero-order valence-electron chi connectivity index (χ0n) is 7.40. The number of nitro benzene ring substituents is 1. The molecule has 0 aliphatic rings. The molecule has 0 unspecified atom stereocenters. The quantitative estimate of drug-likeness (QED) is 0.581. The van der Waals surface area contributed by atoms with Gasteiger partial charge in [0, 0.05) is 29.2 Å². The Morgan fingerprint density at radius 3 is 2.86 bits per heavy atom. The van der Waals surface area contributed by atoms with Crippen molar-refractivity contribution in [3.63, 3.8) is 0 Å². The zero-order valence-corrected chi connectivity index (χ0v) is 8.98. The van der Waals surface area contributed by atoms with Crippen LogP contribution in [0.2, 0.25) is 0 Å². The first-order valence-corrected chi connectivity index (χ1v) is 4.78. The molecule has 2 aromatic rings. The lowest BCUT2D eigenvalue weighted by atomic mass is 10.2. The van der Waals surface area contributed by atoms with E-state index in [0.29, 0.717) is 5.52 Å². The summed E-state index contributed by atoms with van der Waals surface area (Å²) in [4.78, 5) is 10.4. The smallest absolute Gasteiger partial charge is 0.294 e. The minimum atomic E-state index is -0.368. The minimum Gasteiger partial charge on any atom is -0.345 e. The molecule has 0 amide bonds. The van der Waals surface area contributed by atoms with Gasteiger partial charge in [-0.1, -0.05) is 15.9 Å². The number of hydrogen-bond donors (Lipinski definition) is 0. The van der Waals surface area contributed by atoms with Crippen molar-refractivity contribution in [2.75, 3.05) is 0 Å². The second-order valence-corrected chi connectivity index (χ2v) is 3.96. The summed E-state index contributed by atoms with van der Waals surface area (Å²) >= 11 is 3.25. The van der Waals surface area contributed by atoms with Crippen LogP contribution in [0.1, 0.15) is 0 Å². The molecule has 0 saturated carbocycles. The predicted octanol–water partition coefficient (Wildman–Crippen LogP) is 2.85. The van der Waals surface area contributed by atoms with Crippen molar-refractivity contribution in [1.29, 1.82) is 0 Å². The van der Waals surface area contributed by atoms with Crippen LogP contribution in [0.3, 0.4) is 0 Å². The number of aromatic nitrogens is 1. The van der Waals surface area contributed by atoms with Crippen molar-refractivity contribution in [2.24, 2.45) is 7.05 Å². The van der Waals surface area contributed by atoms with E-state index in [1.807, 2.05) is 18.3 Å². The number of non-ortho nitro benzene ring substituents is 1. The van der Waals surface area contributed by atoms with Gasteiger partial charge in [-0.05, 0) is 12.1 Å². The molecule has 1 heterocycles. The number of halogens is 1. The third-order valence-electron chi connectivity index (χ3n) is 2.11. The van der Waals surface area contributed by atoms with Crippen molar-refractivity contribution in [3.8, 4) is 0 Å². The Balaban J connectivity index is 2.90. The van der Waals surface area contributed by atoms with Crippen LogP contribution in [-0.4, -0.2) is 9.49 Å². The highest BCUT2D eigenvalue weighted by Gasteiger charge is 2.15. The van der Waals surface area contributed by atoms with E-state index in [2.05, 4.69) is 15.9 Å². The molecule has 1 aromatic carbocycles. The van der Waals surface area contributed by atoms with E-state index >= 15 is 0 Å². The van der Waals surface area contributed by atoms with E-state index in [-0.39, 0.29) is 10.6 Å². The largest absolute Gasteiger partial charge is 0.345 e. The third kappa shape index (κ3) is 1.29. The Labute approximate surface area is 88.4 Å². The van der Waals surface area contributed by atoms with Crippen LogP contribution < -0.4 is 0 Å². The van der Waals surface area contributed by atoms with Crippen LogP contribution >= 0.6 is 15.9 Å². The molecule has 5 heteroatoms. The van der Waals surface area contributed by atoms with E-state index in [0.717, 1.165) is 9.86 Å². The van der Waals surface area contributed by atoms with Gasteiger partial charge >= 0.3 is 0 Å². The first-order chi connectivity index (χ1) is 6.59. The predicted molar refractivity (Wildman–Crippen MR) is 57.3 cm³/mol. The summed E-state index contributed by atoms with van der Waals surface area (Å²) in [5.41, 5.74) is 0.778. The summed E-state index contributed by atoms with van der Waals surface area (Å²) in [5.74, 6) is 0. The fourth-order valence-electron chi connectivity index (χ4n) is 1.52. The lowest BCUT2D eigenvalue weighted by molar-refractivity contribution is -0.383. The molecule has 1 aromatic heterocycles. The van der Waals surface area contributed by atoms with Gasteiger partial charge in [-0.25, -0.2) is 0 Å². The van der Waals surface area contributed by atoms with Gasteiger partial charge < -0.3 is 4.57 Å². The molecule has 0 bridgehead atoms. The molecular weight excluding hydrogens is 248 g/mol. The van der Waals surface area contributed by atoms with Gasteiger partial charge in [0.15, 0.2) is 0 Å². The van der Waals surface area contributed by atoms with E-state index < -0.39 is 0 Å². The van der Waals surface area contributed by atoms with Crippen LogP contribution in [0.4, 0.5) is 5.69 Å². The number of fused-ring (bicyclic) bond motifs is 1. The lowest BCUT2D eigenvalue weighted by Crippen LogP contribution is -1.93. The number of aryl methyl sites for hydroxylation is 1. The summed E-state index contributed by atoms with van der Waals surface area (Å²) in [6, 6.07) is 5.23. The number of hydrogen-bond acceptors (Lipinski definition) is 2. The monoisotopic (exact) mass is 254 g/mol. The molecule has 14 heavy (non-hydrogen) atoms. The molecule has 0 N–H and O–H groups in total. The summed E-state index contributed by atoms with van der Waals surface area (Å²) in [6.45, 7) is 0. The van der Waals surface area contributed by atoms with E-state index in [4.69, 9.17) is 0 Å². The first kappa shape index (κ1) is 9.21. The van der Waals surface area contributed by atoms with Crippen molar-refractivity contribution in [1.82, 2.24) is 4.57 Å². The Kier molecular flexibility index (Phi) is 2.03. The van der Waals surface area contributed by atoms with Crippen LogP contribution in [0.15, 0.2) is 28.9 Å². The topological polar surface area (TPSA) is 48.1 Å². The Morgan fingerprint density at radius 2 is 2.21 bits per heavy atom. The van der Waals surface area contributed by atoms with Crippen LogP contribution in [0, 0.1) is 10.1 Å². The number of benzene rings is 1. The number of rotatable bonds is 1. The maximum Gasteiger partial charge on any atom is 0.294 e. The first-order valence-electron chi connectivity index (χ1n) is 3.98. The number of nitro groups is 1. The normalized spacial score (nSPS) is 10.7. The zero-order chi connectivity index (χ0) is 10.3. The summed E-state index contributed by atoms with van der Waals surface area (Å²) in [5, 5.41) is 11.7. The van der Waals surface area contributed by atoms with Crippen LogP contribution in [0.25, 0.3) is 10.9 Å². The maximum atomic E-state index is 10.8. The van der Waals surface area contributed by atoms with Crippen LogP contribution in [-0.2, 0) is 7.05 Å². The molecule has 0 aliphatic carbocycles. The second-order valence-electron chi connectivity index (χ2n) is 3.05. The van der Waals surface area contributed by atoms with E-state index in [1.54, 1.807) is 11.6 Å². The lowest BCUT2D eigenvalue weighted by Gasteiger charge is -1.99. The molecule has 2 rings (SSSR count). The second kappa shape index (κ2) is 3.09. The van der Waals surface area contributed by atoms with Gasteiger partial charge in [-0.2, -0.15) is 0 Å². The minimum absolute atomic E-state index is 0.127. The van der Waals surface area contributed by atoms with E-state index in [1.165, 1.54) is 6.07 Å². The van der Waals surface area contributed by atoms with Gasteiger partial charge in [0.2, 0.25) is 0 Å². The van der Waals surface area contributed by atoms with E-state index in [9.17, 15) is 10.1 Å². The summed E-state index contributed by atoms with van der Waals surface area (Å²) in [7, 11) is 1.79. The molecule has 0 fully saturated rings. The molecule has 0 aliphatic heterocycles. The maximum absolute atomic E-state index is 10.8. The van der Waals surface area contributed by atoms with Crippen molar-refractivity contribution in [3.05, 3.63) is 39.0 Å². The Hall–Kier alpha value is -1.36. The molecule has 72 valence electrons. The fourth-order valence-corrected chi connectivity index (χ4v) is 1.99. The van der Waals surface area contributed by atoms with Crippen molar-refractivity contribution < 1.29 is 4.92 Å². The van der Waals surface area contributed by atoms with Gasteiger partial charge in [0.05, 0.1) is 4.92 Å². The fraction of sp³-hybridized carbons (Fsp3) is 0.111. The SMILES string of the molecule is Cn1ccc2cc(Br)cc([N+](=O)[O-])c21. The Bertz CT molecular complexity index is 519. The molecule has 0 radical (unpaired) electrons. The summed E-state index contributed by atoms with van der Waals surface area (Å²) < 4.78 is 2.47. The highest BCUT2D eigenvalue weighted by Crippen LogP contribution is 2.29. The average molecular weight is 255 g/mol. The van der Waals surface area contributed by atoms with Gasteiger partial charge in [-0.15, -0.1) is 0 Å². The van der Waals surface area contributed by atoms with Crippen molar-refractivity contribution in [2.45, 2.75) is 0 Å². The summed E-state index contributed by atoms with van der Waals surface area (Å²) in [6.07, 6.45) is 1.81. The molecule has 0 saturated heterocycles. The Morgan fingerprint density at radius 1 is 1.50 bits per heavy atom. The average Bonchev–Trinajstić information content (AvgIpc) is 2.46. The third-order valence-corrected chi connectivity index (χ3v) is 2.57. The number of nitrogens with zero attached hydrogens (tertiary/aromatic N) is 2. The van der Waals surface area contributed by atoms with Gasteiger partial charge in [0.1, 0.15) is 5.52 Å². The molecule has 4 nitrogen and oxygen atoms in total. The van der Waals surface area contributed by atoms with Crippen LogP contribution in [0.5, 0.6) is 0 Å². The van der Waals surface area contributed by atoms with Crippen molar-refractivity contribution >= 4 is 32.5 Å². The van der Waals surface area contributed by atoms with Gasteiger partial charge in [-0.3, -0.25) is 10.1 Å². The molecular formula is C9H7BrN2O2. The molecule has 0 atom stereocenters. The standard InChI is InChI=1S/C9H7BrN2O2/c1-11-3-2-6-4-7(10)5-8(9(6)11)12(13)14/h2-5H,1H3.